The molecule has 0 bridgehead atoms. The van der Waals surface area contributed by atoms with E-state index in [1.54, 1.807) is 24.4 Å². The van der Waals surface area contributed by atoms with Crippen molar-refractivity contribution < 1.29 is 5.11 Å². The van der Waals surface area contributed by atoms with Crippen LogP contribution in [0.2, 0.25) is 0 Å². The molecule has 0 atom stereocenters. The summed E-state index contributed by atoms with van der Waals surface area (Å²) in [6.07, 6.45) is 3.05. The molecular formula is C9H7BrN4OS. The highest BCUT2D eigenvalue weighted by atomic mass is 79.9. The number of nitrogens with one attached hydrogen (secondary N) is 1. The van der Waals surface area contributed by atoms with Crippen molar-refractivity contribution in [2.75, 3.05) is 0 Å². The summed E-state index contributed by atoms with van der Waals surface area (Å²) in [6.45, 7) is 0. The van der Waals surface area contributed by atoms with Gasteiger partial charge in [-0.15, -0.1) is 0 Å². The van der Waals surface area contributed by atoms with Crippen LogP contribution in [0, 0.1) is 4.77 Å². The third-order valence-corrected chi connectivity index (χ3v) is 2.84. The quantitative estimate of drug-likeness (QED) is 0.660. The highest BCUT2D eigenvalue weighted by molar-refractivity contribution is 9.10. The van der Waals surface area contributed by atoms with Crippen LogP contribution < -0.4 is 0 Å². The molecule has 0 unspecified atom stereocenters. The fourth-order valence-electron chi connectivity index (χ4n) is 1.08. The van der Waals surface area contributed by atoms with Crippen molar-refractivity contribution in [3.63, 3.8) is 0 Å². The van der Waals surface area contributed by atoms with E-state index in [1.165, 1.54) is 11.0 Å². The van der Waals surface area contributed by atoms with Crippen molar-refractivity contribution >= 4 is 34.4 Å². The Bertz CT molecular complexity index is 589. The predicted octanol–water partition coefficient (Wildman–Crippen LogP) is 2.29. The fourth-order valence-corrected chi connectivity index (χ4v) is 1.58. The fraction of sp³-hybridized carbons (Fsp3) is 0. The second-order valence-electron chi connectivity index (χ2n) is 2.96. The average molecular weight is 299 g/mol. The molecule has 2 N–H and O–H groups in total. The van der Waals surface area contributed by atoms with E-state index in [9.17, 15) is 5.11 Å². The molecular weight excluding hydrogens is 292 g/mol. The smallest absolute Gasteiger partial charge is 0.216 e. The molecule has 16 heavy (non-hydrogen) atoms. The van der Waals surface area contributed by atoms with Gasteiger partial charge in [0.2, 0.25) is 4.77 Å². The van der Waals surface area contributed by atoms with E-state index in [4.69, 9.17) is 12.2 Å². The highest BCUT2D eigenvalue weighted by Crippen LogP contribution is 2.19. The first-order valence-corrected chi connectivity index (χ1v) is 5.52. The molecule has 2 aromatic rings. The Balaban J connectivity index is 2.34. The van der Waals surface area contributed by atoms with E-state index in [0.717, 1.165) is 10.0 Å². The number of hydrogen-bond donors (Lipinski definition) is 2. The van der Waals surface area contributed by atoms with E-state index < -0.39 is 0 Å². The van der Waals surface area contributed by atoms with Gasteiger partial charge >= 0.3 is 0 Å². The van der Waals surface area contributed by atoms with Crippen molar-refractivity contribution in [2.24, 2.45) is 5.10 Å². The lowest BCUT2D eigenvalue weighted by molar-refractivity contribution is 0.475. The molecule has 0 amide bonds. The Morgan fingerprint density at radius 3 is 3.06 bits per heavy atom. The average Bonchev–Trinajstić information content (AvgIpc) is 2.66. The first kappa shape index (κ1) is 11.0. The predicted molar refractivity (Wildman–Crippen MR) is 66.2 cm³/mol. The van der Waals surface area contributed by atoms with Crippen LogP contribution >= 0.6 is 28.1 Å². The third-order valence-electron chi connectivity index (χ3n) is 1.84. The van der Waals surface area contributed by atoms with Gasteiger partial charge in [0.25, 0.3) is 0 Å². The van der Waals surface area contributed by atoms with Gasteiger partial charge in [-0.2, -0.15) is 14.9 Å². The molecule has 0 radical (unpaired) electrons. The zero-order chi connectivity index (χ0) is 11.5. The van der Waals surface area contributed by atoms with E-state index in [-0.39, 0.29) is 5.75 Å². The van der Waals surface area contributed by atoms with Gasteiger partial charge in [-0.3, -0.25) is 5.10 Å². The number of phenols is 1. The molecule has 0 aliphatic heterocycles. The van der Waals surface area contributed by atoms with Gasteiger partial charge in [0, 0.05) is 10.0 Å². The summed E-state index contributed by atoms with van der Waals surface area (Å²) in [4.78, 5) is 0. The minimum Gasteiger partial charge on any atom is -0.508 e. The molecule has 1 aromatic heterocycles. The number of halogens is 1. The summed E-state index contributed by atoms with van der Waals surface area (Å²) in [5.41, 5.74) is 0.753. The van der Waals surface area contributed by atoms with Gasteiger partial charge in [0.1, 0.15) is 12.1 Å². The Labute approximate surface area is 105 Å². The molecule has 0 aliphatic carbocycles. The standard InChI is InChI=1S/C9H7BrN4OS/c10-8-2-1-7(15)3-6(8)4-12-14-5-11-13-9(14)16/h1-5,15H,(H,13,16)/b12-4+. The van der Waals surface area contributed by atoms with Crippen LogP contribution in [0.4, 0.5) is 0 Å². The maximum Gasteiger partial charge on any atom is 0.216 e. The van der Waals surface area contributed by atoms with Crippen LogP contribution in [-0.4, -0.2) is 26.2 Å². The molecule has 0 fully saturated rings. The van der Waals surface area contributed by atoms with Gasteiger partial charge in [0.15, 0.2) is 0 Å². The number of benzene rings is 1. The van der Waals surface area contributed by atoms with E-state index >= 15 is 0 Å². The molecule has 7 heteroatoms. The van der Waals surface area contributed by atoms with Gasteiger partial charge in [0.05, 0.1) is 6.21 Å². The summed E-state index contributed by atoms with van der Waals surface area (Å²) in [6, 6.07) is 4.92. The lowest BCUT2D eigenvalue weighted by Crippen LogP contribution is -1.90. The Morgan fingerprint density at radius 1 is 1.56 bits per heavy atom. The summed E-state index contributed by atoms with van der Waals surface area (Å²) in [5.74, 6) is 0.181. The normalized spacial score (nSPS) is 11.1. The van der Waals surface area contributed by atoms with Crippen molar-refractivity contribution in [2.45, 2.75) is 0 Å². The van der Waals surface area contributed by atoms with Crippen LogP contribution in [0.25, 0.3) is 0 Å². The Kier molecular flexibility index (Phi) is 3.16. The lowest BCUT2D eigenvalue weighted by atomic mass is 10.2. The lowest BCUT2D eigenvalue weighted by Gasteiger charge is -1.98. The molecule has 2 rings (SSSR count). The van der Waals surface area contributed by atoms with Gasteiger partial charge in [-0.05, 0) is 30.4 Å². The van der Waals surface area contributed by atoms with Crippen LogP contribution in [0.3, 0.4) is 0 Å². The molecule has 1 heterocycles. The summed E-state index contributed by atoms with van der Waals surface area (Å²) >= 11 is 8.28. The first-order chi connectivity index (χ1) is 7.66. The topological polar surface area (TPSA) is 66.2 Å². The molecule has 0 saturated heterocycles. The minimum atomic E-state index is 0.181. The maximum atomic E-state index is 9.32. The maximum absolute atomic E-state index is 9.32. The number of aromatic hydroxyl groups is 1. The van der Waals surface area contributed by atoms with Crippen molar-refractivity contribution in [3.05, 3.63) is 39.3 Å². The van der Waals surface area contributed by atoms with Crippen LogP contribution in [0.1, 0.15) is 5.56 Å². The number of rotatable bonds is 2. The number of aromatic nitrogens is 3. The summed E-state index contributed by atoms with van der Waals surface area (Å²) in [7, 11) is 0. The highest BCUT2D eigenvalue weighted by Gasteiger charge is 1.98. The van der Waals surface area contributed by atoms with Crippen molar-refractivity contribution in [1.82, 2.24) is 14.9 Å². The minimum absolute atomic E-state index is 0.181. The summed E-state index contributed by atoms with van der Waals surface area (Å²) in [5, 5.41) is 19.7. The van der Waals surface area contributed by atoms with E-state index in [2.05, 4.69) is 31.2 Å². The number of phenolic OH excluding ortho intramolecular Hbond substituents is 1. The van der Waals surface area contributed by atoms with E-state index in [1.807, 2.05) is 0 Å². The van der Waals surface area contributed by atoms with Gasteiger partial charge < -0.3 is 5.11 Å². The molecule has 0 spiro atoms. The molecule has 5 nitrogen and oxygen atoms in total. The largest absolute Gasteiger partial charge is 0.508 e. The monoisotopic (exact) mass is 298 g/mol. The summed E-state index contributed by atoms with van der Waals surface area (Å²) < 4.78 is 2.67. The molecule has 0 aliphatic rings. The SMILES string of the molecule is Oc1ccc(Br)c(/C=N/n2cn[nH]c2=S)c1. The third kappa shape index (κ3) is 2.37. The van der Waals surface area contributed by atoms with Crippen molar-refractivity contribution in [3.8, 4) is 5.75 Å². The molecule has 0 saturated carbocycles. The van der Waals surface area contributed by atoms with Crippen LogP contribution in [0.15, 0.2) is 34.1 Å². The molecule has 1 aromatic carbocycles. The number of aromatic amines is 1. The second kappa shape index (κ2) is 4.58. The Hall–Kier alpha value is -1.47. The Morgan fingerprint density at radius 2 is 2.38 bits per heavy atom. The number of hydrogen-bond acceptors (Lipinski definition) is 4. The van der Waals surface area contributed by atoms with Gasteiger partial charge in [-0.1, -0.05) is 15.9 Å². The second-order valence-corrected chi connectivity index (χ2v) is 4.20. The van der Waals surface area contributed by atoms with Crippen molar-refractivity contribution in [1.29, 1.82) is 0 Å². The number of H-pyrrole nitrogens is 1. The van der Waals surface area contributed by atoms with Crippen LogP contribution in [-0.2, 0) is 0 Å². The van der Waals surface area contributed by atoms with Crippen LogP contribution in [0.5, 0.6) is 5.75 Å². The van der Waals surface area contributed by atoms with E-state index in [0.29, 0.717) is 4.77 Å². The first-order valence-electron chi connectivity index (χ1n) is 4.32. The zero-order valence-corrected chi connectivity index (χ0v) is 10.4. The zero-order valence-electron chi connectivity index (χ0n) is 7.96. The molecule has 82 valence electrons. The van der Waals surface area contributed by atoms with Gasteiger partial charge in [-0.25, -0.2) is 0 Å². The number of nitrogens with zero attached hydrogens (tertiary/aromatic N) is 3.